The third-order valence-corrected chi connectivity index (χ3v) is 5.15. The van der Waals surface area contributed by atoms with Gasteiger partial charge in [0.05, 0.1) is 12.7 Å². The Bertz CT molecular complexity index is 316. The zero-order chi connectivity index (χ0) is 18.2. The Labute approximate surface area is 156 Å². The van der Waals surface area contributed by atoms with Gasteiger partial charge in [0.1, 0.15) is 0 Å². The van der Waals surface area contributed by atoms with Gasteiger partial charge in [0.25, 0.3) is 0 Å². The molecule has 25 heavy (non-hydrogen) atoms. The first-order chi connectivity index (χ1) is 12.3. The molecule has 0 bridgehead atoms. The van der Waals surface area contributed by atoms with E-state index < -0.39 is 0 Å². The van der Waals surface area contributed by atoms with Gasteiger partial charge in [0.15, 0.2) is 6.10 Å². The minimum absolute atomic E-state index is 0.141. The van der Waals surface area contributed by atoms with Crippen molar-refractivity contribution in [2.75, 3.05) is 6.61 Å². The highest BCUT2D eigenvalue weighted by molar-refractivity contribution is 5.77. The van der Waals surface area contributed by atoms with Crippen molar-refractivity contribution in [3.05, 3.63) is 0 Å². The molecular weight excluding hydrogens is 312 g/mol. The summed E-state index contributed by atoms with van der Waals surface area (Å²) in [5, 5.41) is 0. The number of hydrogen-bond donors (Lipinski definition) is 0. The molecule has 148 valence electrons. The molecule has 1 fully saturated rings. The molecule has 3 nitrogen and oxygen atoms in total. The van der Waals surface area contributed by atoms with Crippen molar-refractivity contribution in [2.24, 2.45) is 0 Å². The normalized spacial score (nSPS) is 19.1. The highest BCUT2D eigenvalue weighted by Gasteiger charge is 2.45. The molecule has 1 rings (SSSR count). The predicted molar refractivity (Wildman–Crippen MR) is 105 cm³/mol. The lowest BCUT2D eigenvalue weighted by Crippen LogP contribution is -2.14. The first-order valence-corrected chi connectivity index (χ1v) is 11.1. The van der Waals surface area contributed by atoms with Gasteiger partial charge >= 0.3 is 5.97 Å². The summed E-state index contributed by atoms with van der Waals surface area (Å²) in [5.74, 6) is -0.145. The standard InChI is InChI=1S/C22H42O3/c1-3-5-7-8-9-10-11-12-13-14-15-16-17-18-20-21(25-20)22(23)24-19-6-4-2/h20-21H,3-19H2,1-2H3. The quantitative estimate of drug-likeness (QED) is 0.158. The van der Waals surface area contributed by atoms with Crippen molar-refractivity contribution in [3.63, 3.8) is 0 Å². The van der Waals surface area contributed by atoms with E-state index in [0.29, 0.717) is 6.61 Å². The van der Waals surface area contributed by atoms with Crippen LogP contribution >= 0.6 is 0 Å². The molecule has 0 aromatic rings. The number of esters is 1. The van der Waals surface area contributed by atoms with Crippen LogP contribution in [0, 0.1) is 0 Å². The average molecular weight is 355 g/mol. The average Bonchev–Trinajstić information content (AvgIpc) is 3.39. The summed E-state index contributed by atoms with van der Waals surface area (Å²) in [4.78, 5) is 11.7. The fraction of sp³-hybridized carbons (Fsp3) is 0.955. The van der Waals surface area contributed by atoms with Crippen molar-refractivity contribution < 1.29 is 14.3 Å². The lowest BCUT2D eigenvalue weighted by molar-refractivity contribution is -0.145. The molecule has 1 saturated heterocycles. The van der Waals surface area contributed by atoms with E-state index in [1.165, 1.54) is 83.5 Å². The van der Waals surface area contributed by atoms with Crippen LogP contribution in [0.5, 0.6) is 0 Å². The summed E-state index contributed by atoms with van der Waals surface area (Å²) < 4.78 is 10.6. The Morgan fingerprint density at radius 1 is 0.720 bits per heavy atom. The van der Waals surface area contributed by atoms with Crippen LogP contribution in [0.3, 0.4) is 0 Å². The van der Waals surface area contributed by atoms with Gasteiger partial charge in [0.2, 0.25) is 0 Å². The van der Waals surface area contributed by atoms with E-state index in [0.717, 1.165) is 19.3 Å². The molecule has 1 heterocycles. The molecule has 0 N–H and O–H groups in total. The first kappa shape index (κ1) is 22.5. The lowest BCUT2D eigenvalue weighted by atomic mass is 10.0. The van der Waals surface area contributed by atoms with E-state index in [2.05, 4.69) is 13.8 Å². The number of carbonyl (C=O) groups excluding carboxylic acids is 1. The molecule has 0 saturated carbocycles. The second-order valence-electron chi connectivity index (χ2n) is 7.65. The summed E-state index contributed by atoms with van der Waals surface area (Å²) in [6.07, 6.45) is 20.8. The largest absolute Gasteiger partial charge is 0.464 e. The second kappa shape index (κ2) is 15.7. The topological polar surface area (TPSA) is 38.8 Å². The molecule has 0 spiro atoms. The molecule has 1 aliphatic rings. The smallest absolute Gasteiger partial charge is 0.338 e. The molecule has 3 heteroatoms. The lowest BCUT2D eigenvalue weighted by Gasteiger charge is -2.03. The fourth-order valence-electron chi connectivity index (χ4n) is 3.33. The minimum Gasteiger partial charge on any atom is -0.464 e. The summed E-state index contributed by atoms with van der Waals surface area (Å²) in [7, 11) is 0. The number of hydrogen-bond acceptors (Lipinski definition) is 3. The Morgan fingerprint density at radius 3 is 1.72 bits per heavy atom. The van der Waals surface area contributed by atoms with E-state index in [4.69, 9.17) is 9.47 Å². The van der Waals surface area contributed by atoms with E-state index in [-0.39, 0.29) is 18.2 Å². The van der Waals surface area contributed by atoms with E-state index in [9.17, 15) is 4.79 Å². The van der Waals surface area contributed by atoms with E-state index >= 15 is 0 Å². The molecule has 0 aliphatic carbocycles. The first-order valence-electron chi connectivity index (χ1n) is 11.1. The van der Waals surface area contributed by atoms with Gasteiger partial charge in [-0.1, -0.05) is 104 Å². The van der Waals surface area contributed by atoms with Crippen molar-refractivity contribution in [2.45, 2.75) is 129 Å². The fourth-order valence-corrected chi connectivity index (χ4v) is 3.33. The summed E-state index contributed by atoms with van der Waals surface area (Å²) in [6.45, 7) is 4.91. The maximum atomic E-state index is 11.7. The van der Waals surface area contributed by atoms with Gasteiger partial charge in [-0.25, -0.2) is 4.79 Å². The van der Waals surface area contributed by atoms with Crippen LogP contribution in [0.25, 0.3) is 0 Å². The van der Waals surface area contributed by atoms with Crippen LogP contribution < -0.4 is 0 Å². The van der Waals surface area contributed by atoms with Gasteiger partial charge in [-0.05, 0) is 12.8 Å². The van der Waals surface area contributed by atoms with Crippen molar-refractivity contribution in [1.29, 1.82) is 0 Å². The van der Waals surface area contributed by atoms with Gasteiger partial charge in [-0.2, -0.15) is 0 Å². The monoisotopic (exact) mass is 354 g/mol. The van der Waals surface area contributed by atoms with Crippen molar-refractivity contribution >= 4 is 5.97 Å². The van der Waals surface area contributed by atoms with Crippen LogP contribution in [0.1, 0.15) is 117 Å². The Balaban J connectivity index is 1.76. The molecule has 2 unspecified atom stereocenters. The molecule has 1 aliphatic heterocycles. The number of unbranched alkanes of at least 4 members (excludes halogenated alkanes) is 13. The Morgan fingerprint density at radius 2 is 1.20 bits per heavy atom. The maximum absolute atomic E-state index is 11.7. The van der Waals surface area contributed by atoms with E-state index in [1.807, 2.05) is 0 Å². The molecule has 0 aromatic carbocycles. The predicted octanol–water partition coefficient (Wildman–Crippen LogP) is 6.58. The number of rotatable bonds is 18. The third kappa shape index (κ3) is 12.4. The van der Waals surface area contributed by atoms with E-state index in [1.54, 1.807) is 0 Å². The Hall–Kier alpha value is -0.570. The maximum Gasteiger partial charge on any atom is 0.338 e. The molecular formula is C22H42O3. The molecule has 0 radical (unpaired) electrons. The second-order valence-corrected chi connectivity index (χ2v) is 7.65. The third-order valence-electron chi connectivity index (χ3n) is 5.15. The van der Waals surface area contributed by atoms with Gasteiger partial charge in [-0.3, -0.25) is 0 Å². The van der Waals surface area contributed by atoms with Crippen LogP contribution in [0.2, 0.25) is 0 Å². The summed E-state index contributed by atoms with van der Waals surface area (Å²) >= 11 is 0. The zero-order valence-corrected chi connectivity index (χ0v) is 16.9. The zero-order valence-electron chi connectivity index (χ0n) is 16.9. The van der Waals surface area contributed by atoms with Gasteiger partial charge in [-0.15, -0.1) is 0 Å². The van der Waals surface area contributed by atoms with Crippen LogP contribution in [0.4, 0.5) is 0 Å². The highest BCUT2D eigenvalue weighted by atomic mass is 16.6. The van der Waals surface area contributed by atoms with Crippen molar-refractivity contribution in [3.8, 4) is 0 Å². The highest BCUT2D eigenvalue weighted by Crippen LogP contribution is 2.28. The SMILES string of the molecule is CCCCCCCCCCCCCCCC1OC1C(=O)OCCCC. The molecule has 0 amide bonds. The molecule has 0 aromatic heterocycles. The Kier molecular flexibility index (Phi) is 14.1. The number of ether oxygens (including phenoxy) is 2. The molecule has 2 atom stereocenters. The van der Waals surface area contributed by atoms with Crippen LogP contribution in [0.15, 0.2) is 0 Å². The van der Waals surface area contributed by atoms with Crippen LogP contribution in [-0.2, 0) is 14.3 Å². The minimum atomic E-state index is -0.255. The van der Waals surface area contributed by atoms with Crippen LogP contribution in [-0.4, -0.2) is 24.8 Å². The van der Waals surface area contributed by atoms with Gasteiger partial charge < -0.3 is 9.47 Å². The van der Waals surface area contributed by atoms with Crippen molar-refractivity contribution in [1.82, 2.24) is 0 Å². The number of carbonyl (C=O) groups is 1. The number of epoxide rings is 1. The summed E-state index contributed by atoms with van der Waals surface area (Å²) in [6, 6.07) is 0. The van der Waals surface area contributed by atoms with Gasteiger partial charge in [0, 0.05) is 0 Å². The summed E-state index contributed by atoms with van der Waals surface area (Å²) in [5.41, 5.74) is 0.